The van der Waals surface area contributed by atoms with Crippen molar-refractivity contribution in [3.8, 4) is 11.5 Å². The predicted molar refractivity (Wildman–Crippen MR) is 124 cm³/mol. The highest BCUT2D eigenvalue weighted by molar-refractivity contribution is 6.35. The number of carbonyl (C=O) groups is 3. The fraction of sp³-hybridized carbons (Fsp3) is 0.273. The van der Waals surface area contributed by atoms with Crippen molar-refractivity contribution < 1.29 is 33.0 Å². The lowest BCUT2D eigenvalue weighted by molar-refractivity contribution is -0.139. The number of carbonyl (C=O) groups excluding carboxylic acids is 3. The Bertz CT molecular complexity index is 1050. The third kappa shape index (κ3) is 8.68. The van der Waals surface area contributed by atoms with Gasteiger partial charge in [-0.15, -0.1) is 0 Å². The van der Waals surface area contributed by atoms with Crippen molar-refractivity contribution in [3.63, 3.8) is 0 Å². The number of nitrogens with zero attached hydrogens (tertiary/aromatic N) is 1. The molecule has 2 aromatic rings. The molecule has 0 fully saturated rings. The number of benzene rings is 2. The van der Waals surface area contributed by atoms with Crippen LogP contribution in [0.2, 0.25) is 5.02 Å². The lowest BCUT2D eigenvalue weighted by atomic mass is 10.2. The van der Waals surface area contributed by atoms with E-state index in [2.05, 4.69) is 21.2 Å². The molecular formula is C22H24ClFN4O6. The summed E-state index contributed by atoms with van der Waals surface area (Å²) >= 11 is 5.69. The zero-order valence-corrected chi connectivity index (χ0v) is 19.3. The summed E-state index contributed by atoms with van der Waals surface area (Å²) in [5, 5.41) is 8.60. The molecule has 34 heavy (non-hydrogen) atoms. The monoisotopic (exact) mass is 494 g/mol. The number of nitrogens with one attached hydrogen (secondary N) is 3. The summed E-state index contributed by atoms with van der Waals surface area (Å²) in [6.45, 7) is 0.432. The molecule has 0 unspecified atom stereocenters. The minimum Gasteiger partial charge on any atom is -0.493 e. The fourth-order valence-corrected chi connectivity index (χ4v) is 2.69. The molecule has 2 rings (SSSR count). The second-order valence-electron chi connectivity index (χ2n) is 6.68. The van der Waals surface area contributed by atoms with Crippen molar-refractivity contribution in [2.24, 2.45) is 5.10 Å². The minimum atomic E-state index is -0.908. The number of hydrogen-bond acceptors (Lipinski definition) is 7. The molecule has 0 aliphatic carbocycles. The molecule has 0 saturated heterocycles. The summed E-state index contributed by atoms with van der Waals surface area (Å²) in [6.07, 6.45) is 1.89. The molecule has 0 aliphatic rings. The smallest absolute Gasteiger partial charge is 0.329 e. The number of amides is 3. The molecular weight excluding hydrogens is 471 g/mol. The average molecular weight is 495 g/mol. The summed E-state index contributed by atoms with van der Waals surface area (Å²) in [4.78, 5) is 35.4. The van der Waals surface area contributed by atoms with Gasteiger partial charge in [-0.1, -0.05) is 11.6 Å². The zero-order valence-electron chi connectivity index (χ0n) is 18.5. The van der Waals surface area contributed by atoms with Crippen LogP contribution in [0.3, 0.4) is 0 Å². The van der Waals surface area contributed by atoms with Gasteiger partial charge in [-0.3, -0.25) is 14.4 Å². The van der Waals surface area contributed by atoms with E-state index in [1.807, 2.05) is 0 Å². The lowest BCUT2D eigenvalue weighted by Crippen LogP contribution is -2.38. The fourth-order valence-electron chi connectivity index (χ4n) is 2.51. The van der Waals surface area contributed by atoms with E-state index in [-0.39, 0.29) is 17.4 Å². The Morgan fingerprint density at radius 1 is 1.09 bits per heavy atom. The van der Waals surface area contributed by atoms with Crippen molar-refractivity contribution >= 4 is 41.2 Å². The van der Waals surface area contributed by atoms with Crippen LogP contribution in [-0.2, 0) is 19.1 Å². The van der Waals surface area contributed by atoms with Gasteiger partial charge in [0.15, 0.2) is 18.1 Å². The largest absolute Gasteiger partial charge is 0.493 e. The first-order chi connectivity index (χ1) is 16.3. The third-order valence-electron chi connectivity index (χ3n) is 4.15. The van der Waals surface area contributed by atoms with Gasteiger partial charge >= 0.3 is 11.8 Å². The van der Waals surface area contributed by atoms with E-state index >= 15 is 0 Å². The highest BCUT2D eigenvalue weighted by Gasteiger charge is 2.12. The van der Waals surface area contributed by atoms with Gasteiger partial charge in [-0.05, 0) is 48.4 Å². The van der Waals surface area contributed by atoms with Gasteiger partial charge in [0.2, 0.25) is 0 Å². The van der Waals surface area contributed by atoms with Crippen LogP contribution in [0.5, 0.6) is 11.5 Å². The van der Waals surface area contributed by atoms with E-state index in [1.165, 1.54) is 25.5 Å². The first-order valence-corrected chi connectivity index (χ1v) is 10.4. The van der Waals surface area contributed by atoms with E-state index in [9.17, 15) is 18.8 Å². The number of anilines is 1. The first kappa shape index (κ1) is 26.6. The third-order valence-corrected chi connectivity index (χ3v) is 4.44. The molecule has 0 aromatic heterocycles. The summed E-state index contributed by atoms with van der Waals surface area (Å²) in [6, 6.07) is 8.51. The number of rotatable bonds is 11. The Morgan fingerprint density at radius 3 is 2.59 bits per heavy atom. The van der Waals surface area contributed by atoms with Gasteiger partial charge in [0.1, 0.15) is 5.82 Å². The highest BCUT2D eigenvalue weighted by Crippen LogP contribution is 2.27. The number of halogens is 2. The maximum absolute atomic E-state index is 13.2. The molecule has 0 atom stereocenters. The summed E-state index contributed by atoms with van der Waals surface area (Å²) in [5.74, 6) is -2.20. The Hall–Kier alpha value is -3.70. The van der Waals surface area contributed by atoms with Crippen LogP contribution >= 0.6 is 11.6 Å². The topological polar surface area (TPSA) is 127 Å². The lowest BCUT2D eigenvalue weighted by Gasteiger charge is -2.11. The average Bonchev–Trinajstić information content (AvgIpc) is 2.82. The summed E-state index contributed by atoms with van der Waals surface area (Å²) in [7, 11) is 2.96. The van der Waals surface area contributed by atoms with Crippen molar-refractivity contribution in [1.82, 2.24) is 10.7 Å². The quantitative estimate of drug-likeness (QED) is 0.190. The van der Waals surface area contributed by atoms with E-state index < -0.39 is 23.5 Å². The Balaban J connectivity index is 1.87. The van der Waals surface area contributed by atoms with Crippen LogP contribution < -0.4 is 25.5 Å². The maximum atomic E-state index is 13.2. The standard InChI is InChI=1S/C22H24ClFN4O6/c1-32-9-3-8-25-21(30)22(31)28-26-12-14-4-7-18(19(10-14)33-2)34-13-20(29)27-15-5-6-17(24)16(23)11-15/h4-7,10-12H,3,8-9,13H2,1-2H3,(H,25,30)(H,27,29)(H,28,31)/b26-12-. The van der Waals surface area contributed by atoms with Crippen LogP contribution in [0.4, 0.5) is 10.1 Å². The molecule has 0 spiro atoms. The molecule has 0 radical (unpaired) electrons. The Morgan fingerprint density at radius 2 is 1.88 bits per heavy atom. The van der Waals surface area contributed by atoms with Crippen molar-refractivity contribution in [1.29, 1.82) is 0 Å². The van der Waals surface area contributed by atoms with Crippen molar-refractivity contribution in [2.45, 2.75) is 6.42 Å². The number of methoxy groups -OCH3 is 2. The highest BCUT2D eigenvalue weighted by atomic mass is 35.5. The van der Waals surface area contributed by atoms with Crippen LogP contribution in [0.15, 0.2) is 41.5 Å². The predicted octanol–water partition coefficient (Wildman–Crippen LogP) is 2.11. The molecule has 12 heteroatoms. The minimum absolute atomic E-state index is 0.114. The first-order valence-electron chi connectivity index (χ1n) is 10.00. The van der Waals surface area contributed by atoms with Crippen molar-refractivity contribution in [3.05, 3.63) is 52.8 Å². The summed E-state index contributed by atoms with van der Waals surface area (Å²) in [5.41, 5.74) is 2.98. The van der Waals surface area contributed by atoms with Crippen LogP contribution in [0.1, 0.15) is 12.0 Å². The Kier molecular flexibility index (Phi) is 10.7. The van der Waals surface area contributed by atoms with Crippen LogP contribution in [0, 0.1) is 5.82 Å². The van der Waals surface area contributed by atoms with Crippen LogP contribution in [0.25, 0.3) is 0 Å². The van der Waals surface area contributed by atoms with E-state index in [1.54, 1.807) is 25.3 Å². The van der Waals surface area contributed by atoms with E-state index in [0.717, 1.165) is 6.07 Å². The second-order valence-corrected chi connectivity index (χ2v) is 7.08. The molecule has 2 aromatic carbocycles. The number of hydrogen-bond donors (Lipinski definition) is 3. The van der Waals surface area contributed by atoms with Gasteiger partial charge in [-0.2, -0.15) is 5.10 Å². The zero-order chi connectivity index (χ0) is 24.9. The Labute approximate surface area is 200 Å². The van der Waals surface area contributed by atoms with Gasteiger partial charge in [0.25, 0.3) is 5.91 Å². The van der Waals surface area contributed by atoms with Gasteiger partial charge in [0, 0.05) is 25.9 Å². The number of ether oxygens (including phenoxy) is 3. The molecule has 182 valence electrons. The maximum Gasteiger partial charge on any atom is 0.329 e. The molecule has 0 aliphatic heterocycles. The molecule has 0 heterocycles. The van der Waals surface area contributed by atoms with Gasteiger partial charge in [-0.25, -0.2) is 9.82 Å². The number of hydrazone groups is 1. The molecule has 10 nitrogen and oxygen atoms in total. The molecule has 0 bridgehead atoms. The second kappa shape index (κ2) is 13.8. The SMILES string of the molecule is COCCCNC(=O)C(=O)N/N=C\c1ccc(OCC(=O)Nc2ccc(F)c(Cl)c2)c(OC)c1. The van der Waals surface area contributed by atoms with E-state index in [4.69, 9.17) is 25.8 Å². The molecule has 3 N–H and O–H groups in total. The van der Waals surface area contributed by atoms with Crippen LogP contribution in [-0.4, -0.2) is 57.9 Å². The molecule has 3 amide bonds. The molecule has 0 saturated carbocycles. The van der Waals surface area contributed by atoms with Gasteiger partial charge in [0.05, 0.1) is 18.3 Å². The summed E-state index contributed by atoms with van der Waals surface area (Å²) < 4.78 is 28.8. The normalized spacial score (nSPS) is 10.6. The van der Waals surface area contributed by atoms with Crippen molar-refractivity contribution in [2.75, 3.05) is 39.3 Å². The van der Waals surface area contributed by atoms with E-state index in [0.29, 0.717) is 36.6 Å². The van der Waals surface area contributed by atoms with Gasteiger partial charge < -0.3 is 24.8 Å².